The Morgan fingerprint density at radius 2 is 1.70 bits per heavy atom. The smallest absolute Gasteiger partial charge is 0.291 e. The topological polar surface area (TPSA) is 159 Å². The van der Waals surface area contributed by atoms with Crippen LogP contribution in [0.25, 0.3) is 0 Å². The van der Waals surface area contributed by atoms with Gasteiger partial charge < -0.3 is 25.4 Å². The van der Waals surface area contributed by atoms with Gasteiger partial charge in [-0.15, -0.1) is 0 Å². The van der Waals surface area contributed by atoms with E-state index in [0.29, 0.717) is 17.3 Å². The molecule has 2 aromatic heterocycles. The van der Waals surface area contributed by atoms with E-state index in [-0.39, 0.29) is 36.0 Å². The number of carbonyl (C=O) groups is 2. The minimum Gasteiger partial charge on any atom is -0.369 e. The van der Waals surface area contributed by atoms with E-state index in [1.54, 1.807) is 32.0 Å². The molecule has 2 aliphatic heterocycles. The van der Waals surface area contributed by atoms with Gasteiger partial charge in [-0.1, -0.05) is 13.8 Å². The molecule has 2 aromatic carbocycles. The van der Waals surface area contributed by atoms with E-state index in [9.17, 15) is 26.8 Å². The highest BCUT2D eigenvalue weighted by atomic mass is 32.2. The number of piperazine rings is 1. The van der Waals surface area contributed by atoms with Crippen LogP contribution in [-0.4, -0.2) is 89.4 Å². The first-order valence-electron chi connectivity index (χ1n) is 14.6. The number of rotatable bonds is 7. The van der Waals surface area contributed by atoms with Crippen molar-refractivity contribution in [2.75, 3.05) is 55.3 Å². The van der Waals surface area contributed by atoms with Crippen molar-refractivity contribution in [2.45, 2.75) is 30.7 Å². The lowest BCUT2D eigenvalue weighted by molar-refractivity contribution is 0.101. The number of sulfonamides is 1. The number of aromatic amines is 2. The summed E-state index contributed by atoms with van der Waals surface area (Å²) in [5.74, 6) is -3.01. The number of hydrogen-bond donors (Lipinski definition) is 4. The second kappa shape index (κ2) is 11.9. The summed E-state index contributed by atoms with van der Waals surface area (Å²) in [7, 11) is -2.28. The molecule has 16 heteroatoms. The van der Waals surface area contributed by atoms with Gasteiger partial charge in [0, 0.05) is 80.1 Å². The maximum Gasteiger partial charge on any atom is 0.291 e. The van der Waals surface area contributed by atoms with Gasteiger partial charge in [0.1, 0.15) is 11.6 Å². The number of carbonyl (C=O) groups excluding carboxylic acids is 2. The van der Waals surface area contributed by atoms with Gasteiger partial charge in [-0.05, 0) is 37.4 Å². The first kappa shape index (κ1) is 31.3. The average molecular weight is 654 g/mol. The quantitative estimate of drug-likeness (QED) is 0.237. The molecular weight excluding hydrogens is 620 g/mol. The molecular formula is C30H33F2N9O4S. The maximum absolute atomic E-state index is 14.0. The van der Waals surface area contributed by atoms with Gasteiger partial charge in [-0.3, -0.25) is 14.7 Å². The van der Waals surface area contributed by atoms with Crippen molar-refractivity contribution in [3.05, 3.63) is 83.1 Å². The molecule has 2 aliphatic rings. The molecule has 13 nitrogen and oxygen atoms in total. The molecule has 0 bridgehead atoms. The number of halogens is 2. The summed E-state index contributed by atoms with van der Waals surface area (Å²) in [5, 5.41) is 12.8. The fourth-order valence-corrected chi connectivity index (χ4v) is 7.38. The number of aromatic nitrogens is 4. The number of imidazole rings is 1. The van der Waals surface area contributed by atoms with Gasteiger partial charge in [-0.2, -0.15) is 9.40 Å². The van der Waals surface area contributed by atoms with E-state index < -0.39 is 43.8 Å². The molecule has 1 saturated heterocycles. The number of fused-ring (bicyclic) bond motifs is 1. The Bertz CT molecular complexity index is 1880. The molecule has 6 rings (SSSR count). The predicted octanol–water partition coefficient (Wildman–Crippen LogP) is 3.15. The fourth-order valence-electron chi connectivity index (χ4n) is 5.77. The summed E-state index contributed by atoms with van der Waals surface area (Å²) in [4.78, 5) is 37.4. The fraction of sp³-hybridized carbons (Fsp3) is 0.333. The SMILES string of the molecule is CN1CCN(c2ccc(C(=O)Nc3n[nH]c4c3CN(S(=O)(=O)c3cc(F)cc(F)c3)CC4(C)C)c(NC(=O)c3ncc[nH]3)c2)CC1. The molecule has 242 valence electrons. The number of anilines is 3. The minimum absolute atomic E-state index is 0.00718. The molecule has 0 saturated carbocycles. The third-order valence-electron chi connectivity index (χ3n) is 8.23. The van der Waals surface area contributed by atoms with Crippen LogP contribution in [0.4, 0.5) is 26.0 Å². The van der Waals surface area contributed by atoms with Crippen LogP contribution in [0.15, 0.2) is 53.7 Å². The van der Waals surface area contributed by atoms with Crippen molar-refractivity contribution in [2.24, 2.45) is 0 Å². The molecule has 0 atom stereocenters. The van der Waals surface area contributed by atoms with Crippen LogP contribution in [0, 0.1) is 11.6 Å². The van der Waals surface area contributed by atoms with Crippen LogP contribution >= 0.6 is 0 Å². The Hall–Kier alpha value is -4.67. The van der Waals surface area contributed by atoms with Crippen molar-refractivity contribution in [1.29, 1.82) is 0 Å². The highest BCUT2D eigenvalue weighted by Gasteiger charge is 2.41. The molecule has 4 N–H and O–H groups in total. The van der Waals surface area contributed by atoms with Gasteiger partial charge in [0.15, 0.2) is 11.6 Å². The minimum atomic E-state index is -4.32. The normalized spacial score (nSPS) is 17.0. The largest absolute Gasteiger partial charge is 0.369 e. The van der Waals surface area contributed by atoms with E-state index in [0.717, 1.165) is 48.3 Å². The molecule has 46 heavy (non-hydrogen) atoms. The lowest BCUT2D eigenvalue weighted by atomic mass is 9.84. The van der Waals surface area contributed by atoms with Gasteiger partial charge in [-0.25, -0.2) is 22.2 Å². The van der Waals surface area contributed by atoms with Crippen LogP contribution in [0.2, 0.25) is 0 Å². The molecule has 4 aromatic rings. The number of nitrogens with one attached hydrogen (secondary N) is 4. The second-order valence-electron chi connectivity index (χ2n) is 12.1. The van der Waals surface area contributed by atoms with Crippen LogP contribution < -0.4 is 15.5 Å². The van der Waals surface area contributed by atoms with Crippen LogP contribution in [0.3, 0.4) is 0 Å². The summed E-state index contributed by atoms with van der Waals surface area (Å²) in [6.45, 7) is 6.62. The molecule has 0 radical (unpaired) electrons. The van der Waals surface area contributed by atoms with E-state index in [1.807, 2.05) is 7.05 Å². The Morgan fingerprint density at radius 3 is 2.37 bits per heavy atom. The maximum atomic E-state index is 14.0. The zero-order valence-corrected chi connectivity index (χ0v) is 26.2. The van der Waals surface area contributed by atoms with E-state index >= 15 is 0 Å². The molecule has 0 aliphatic carbocycles. The molecule has 2 amide bonds. The number of nitrogens with zero attached hydrogens (tertiary/aromatic N) is 5. The summed E-state index contributed by atoms with van der Waals surface area (Å²) >= 11 is 0. The lowest BCUT2D eigenvalue weighted by Crippen LogP contribution is -2.45. The van der Waals surface area contributed by atoms with Crippen molar-refractivity contribution in [3.8, 4) is 0 Å². The number of H-pyrrole nitrogens is 2. The molecule has 1 fully saturated rings. The summed E-state index contributed by atoms with van der Waals surface area (Å²) in [6.07, 6.45) is 2.96. The van der Waals surface area contributed by atoms with Gasteiger partial charge in [0.05, 0.1) is 16.1 Å². The van der Waals surface area contributed by atoms with Crippen molar-refractivity contribution in [1.82, 2.24) is 29.4 Å². The second-order valence-corrected chi connectivity index (χ2v) is 14.0. The van der Waals surface area contributed by atoms with Crippen LogP contribution in [0.5, 0.6) is 0 Å². The predicted molar refractivity (Wildman–Crippen MR) is 166 cm³/mol. The van der Waals surface area contributed by atoms with Crippen molar-refractivity contribution < 1.29 is 26.8 Å². The van der Waals surface area contributed by atoms with Crippen LogP contribution in [0.1, 0.15) is 46.1 Å². The average Bonchev–Trinajstić information content (AvgIpc) is 3.68. The number of likely N-dealkylation sites (N-methyl/N-ethyl adjacent to an activating group) is 1. The van der Waals surface area contributed by atoms with Crippen molar-refractivity contribution >= 4 is 39.0 Å². The molecule has 0 unspecified atom stereocenters. The van der Waals surface area contributed by atoms with E-state index in [2.05, 4.69) is 40.6 Å². The van der Waals surface area contributed by atoms with Crippen LogP contribution in [-0.2, 0) is 22.0 Å². The van der Waals surface area contributed by atoms with E-state index in [4.69, 9.17) is 0 Å². The van der Waals surface area contributed by atoms with Gasteiger partial charge in [0.25, 0.3) is 11.8 Å². The number of amides is 2. The highest BCUT2D eigenvalue weighted by molar-refractivity contribution is 7.89. The Morgan fingerprint density at radius 1 is 0.978 bits per heavy atom. The zero-order chi connectivity index (χ0) is 32.8. The number of hydrogen-bond acceptors (Lipinski definition) is 8. The first-order chi connectivity index (χ1) is 21.8. The van der Waals surface area contributed by atoms with Gasteiger partial charge >= 0.3 is 0 Å². The highest BCUT2D eigenvalue weighted by Crippen LogP contribution is 2.38. The summed E-state index contributed by atoms with van der Waals surface area (Å²) in [6, 6.07) is 7.28. The van der Waals surface area contributed by atoms with Gasteiger partial charge in [0.2, 0.25) is 10.0 Å². The van der Waals surface area contributed by atoms with E-state index in [1.165, 1.54) is 12.4 Å². The molecule has 4 heterocycles. The summed E-state index contributed by atoms with van der Waals surface area (Å²) < 4.78 is 56.0. The standard InChI is InChI=1S/C30H33F2N9O4S/c1-30(2)17-41(46(44,45)21-13-18(31)12-19(32)14-21)16-23-25(30)37-38-26(23)36-28(42)22-5-4-20(40-10-8-39(3)9-11-40)15-24(22)35-29(43)27-33-6-7-34-27/h4-7,12-15H,8-11,16-17H2,1-3H3,(H,33,34)(H,35,43)(H2,36,37,38,42). The Kier molecular flexibility index (Phi) is 8.12. The Labute approximate surface area is 264 Å². The van der Waals surface area contributed by atoms with Crippen molar-refractivity contribution in [3.63, 3.8) is 0 Å². The first-order valence-corrected chi connectivity index (χ1v) is 16.0. The molecule has 0 spiro atoms. The Balaban J connectivity index is 1.30. The monoisotopic (exact) mass is 653 g/mol. The summed E-state index contributed by atoms with van der Waals surface area (Å²) in [5.41, 5.74) is 1.43. The zero-order valence-electron chi connectivity index (χ0n) is 25.4. The number of benzene rings is 2. The lowest BCUT2D eigenvalue weighted by Gasteiger charge is -2.36. The third-order valence-corrected chi connectivity index (χ3v) is 10.0. The third kappa shape index (κ3) is 6.10.